The van der Waals surface area contributed by atoms with E-state index in [4.69, 9.17) is 9.47 Å². The van der Waals surface area contributed by atoms with Crippen LogP contribution in [0.4, 0.5) is 0 Å². The molecule has 196 valence electrons. The highest BCUT2D eigenvalue weighted by Crippen LogP contribution is 2.64. The summed E-state index contributed by atoms with van der Waals surface area (Å²) in [4.78, 5) is 2.42. The Bertz CT molecular complexity index is 1060. The van der Waals surface area contributed by atoms with Crippen molar-refractivity contribution in [1.82, 2.24) is 4.90 Å². The molecule has 6 atom stereocenters. The van der Waals surface area contributed by atoms with Gasteiger partial charge in [0.2, 0.25) is 0 Å². The first-order chi connectivity index (χ1) is 17.4. The van der Waals surface area contributed by atoms with Crippen LogP contribution in [-0.2, 0) is 13.0 Å². The summed E-state index contributed by atoms with van der Waals surface area (Å²) in [5.74, 6) is 5.50. The number of nitrogens with zero attached hydrogens (tertiary/aromatic N) is 1. The molecule has 4 heteroatoms. The molecule has 0 heterocycles. The first kappa shape index (κ1) is 25.4. The fourth-order valence-corrected chi connectivity index (χ4v) is 8.17. The highest BCUT2D eigenvalue weighted by Gasteiger charge is 2.56. The van der Waals surface area contributed by atoms with E-state index in [1.54, 1.807) is 7.11 Å². The molecule has 1 N–H and O–H groups in total. The summed E-state index contributed by atoms with van der Waals surface area (Å²) in [6, 6.07) is 12.6. The van der Waals surface area contributed by atoms with Crippen LogP contribution in [0.1, 0.15) is 76.0 Å². The maximum Gasteiger partial charge on any atom is 0.161 e. The van der Waals surface area contributed by atoms with Crippen molar-refractivity contribution in [2.24, 2.45) is 29.1 Å². The fourth-order valence-electron chi connectivity index (χ4n) is 8.17. The van der Waals surface area contributed by atoms with Crippen LogP contribution in [0.5, 0.6) is 17.2 Å². The van der Waals surface area contributed by atoms with Crippen LogP contribution in [0.25, 0.3) is 0 Å². The molecule has 3 aliphatic rings. The smallest absolute Gasteiger partial charge is 0.161 e. The van der Waals surface area contributed by atoms with Crippen molar-refractivity contribution < 1.29 is 14.6 Å². The van der Waals surface area contributed by atoms with Crippen LogP contribution in [0.15, 0.2) is 36.4 Å². The van der Waals surface area contributed by atoms with Crippen LogP contribution in [0, 0.1) is 29.1 Å². The van der Waals surface area contributed by atoms with Crippen molar-refractivity contribution in [3.8, 4) is 17.2 Å². The number of benzene rings is 2. The minimum Gasteiger partial charge on any atom is -0.508 e. The number of rotatable bonds is 8. The minimum absolute atomic E-state index is 0.333. The Morgan fingerprint density at radius 3 is 2.58 bits per heavy atom. The molecular formula is C32H45NO3. The molecule has 0 spiro atoms. The Kier molecular flexibility index (Phi) is 7.27. The topological polar surface area (TPSA) is 41.9 Å². The van der Waals surface area contributed by atoms with Gasteiger partial charge in [-0.2, -0.15) is 0 Å². The third-order valence-electron chi connectivity index (χ3n) is 10.2. The highest BCUT2D eigenvalue weighted by atomic mass is 16.5. The molecular weight excluding hydrogens is 446 g/mol. The van der Waals surface area contributed by atoms with Gasteiger partial charge >= 0.3 is 0 Å². The number of aromatic hydroxyl groups is 1. The summed E-state index contributed by atoms with van der Waals surface area (Å²) in [6.07, 6.45) is 6.17. The molecule has 36 heavy (non-hydrogen) atoms. The molecule has 0 radical (unpaired) electrons. The summed E-state index contributed by atoms with van der Waals surface area (Å²) < 4.78 is 12.3. The van der Waals surface area contributed by atoms with Gasteiger partial charge in [-0.15, -0.1) is 0 Å². The molecule has 0 saturated heterocycles. The zero-order chi connectivity index (χ0) is 25.4. The molecule has 2 aromatic carbocycles. The summed E-state index contributed by atoms with van der Waals surface area (Å²) >= 11 is 0. The standard InChI is InChI=1S/C32H45NO3/c1-6-33(7-2)19-22-8-13-29(30(17-22)35-5)36-20-24-9-12-28-31-21(3)16-23-18-25(34)10-11-26(23)27(31)14-15-32(24,28)4/h8,10-11,13,17-18,21,24,27-28,31,34H,6-7,9,12,14-16,19-20H2,1-5H3/t21-,24?,27?,28?,31?,32-/m1/s1. The lowest BCUT2D eigenvalue weighted by Gasteiger charge is -2.53. The quantitative estimate of drug-likeness (QED) is 0.430. The van der Waals surface area contributed by atoms with E-state index in [2.05, 4.69) is 56.9 Å². The van der Waals surface area contributed by atoms with E-state index in [1.807, 2.05) is 12.1 Å². The Morgan fingerprint density at radius 1 is 1.03 bits per heavy atom. The molecule has 0 aliphatic heterocycles. The largest absolute Gasteiger partial charge is 0.508 e. The molecule has 2 aromatic rings. The van der Waals surface area contributed by atoms with Crippen molar-refractivity contribution in [3.05, 3.63) is 53.1 Å². The van der Waals surface area contributed by atoms with Gasteiger partial charge in [-0.3, -0.25) is 4.90 Å². The molecule has 4 nitrogen and oxygen atoms in total. The third-order valence-corrected chi connectivity index (χ3v) is 10.2. The lowest BCUT2D eigenvalue weighted by molar-refractivity contribution is -0.00591. The average molecular weight is 492 g/mol. The van der Waals surface area contributed by atoms with E-state index in [1.165, 1.54) is 42.4 Å². The van der Waals surface area contributed by atoms with E-state index in [0.717, 1.165) is 56.0 Å². The lowest BCUT2D eigenvalue weighted by atomic mass is 9.52. The van der Waals surface area contributed by atoms with Crippen molar-refractivity contribution in [2.75, 3.05) is 26.8 Å². The van der Waals surface area contributed by atoms with Crippen LogP contribution < -0.4 is 9.47 Å². The number of phenolic OH excluding ortho intramolecular Hbond substituents is 1. The van der Waals surface area contributed by atoms with Crippen LogP contribution in [-0.4, -0.2) is 36.8 Å². The van der Waals surface area contributed by atoms with Crippen LogP contribution in [0.3, 0.4) is 0 Å². The number of phenols is 1. The van der Waals surface area contributed by atoms with Gasteiger partial charge in [0.15, 0.2) is 11.5 Å². The van der Waals surface area contributed by atoms with Gasteiger partial charge in [0.25, 0.3) is 0 Å². The van der Waals surface area contributed by atoms with Gasteiger partial charge in [-0.1, -0.05) is 39.8 Å². The number of methoxy groups -OCH3 is 1. The predicted octanol–water partition coefficient (Wildman–Crippen LogP) is 7.04. The molecule has 0 bridgehead atoms. The van der Waals surface area contributed by atoms with Crippen molar-refractivity contribution in [2.45, 2.75) is 72.3 Å². The Hall–Kier alpha value is -2.20. The molecule has 2 saturated carbocycles. The number of fused-ring (bicyclic) bond motifs is 5. The Morgan fingerprint density at radius 2 is 1.83 bits per heavy atom. The molecule has 5 rings (SSSR count). The summed E-state index contributed by atoms with van der Waals surface area (Å²) in [5.41, 5.74) is 4.49. The van der Waals surface area contributed by atoms with Gasteiger partial charge in [-0.05, 0) is 121 Å². The van der Waals surface area contributed by atoms with Crippen LogP contribution >= 0.6 is 0 Å². The summed E-state index contributed by atoms with van der Waals surface area (Å²) in [7, 11) is 1.75. The molecule has 3 aliphatic carbocycles. The SMILES string of the molecule is CCN(CC)Cc1ccc(OCC2CCC3C4C(CC[C@]23C)c2ccc(O)cc2C[C@H]4C)c(OC)c1. The average Bonchev–Trinajstić information content (AvgIpc) is 3.21. The van der Waals surface area contributed by atoms with Crippen molar-refractivity contribution in [1.29, 1.82) is 0 Å². The van der Waals surface area contributed by atoms with Crippen molar-refractivity contribution >= 4 is 0 Å². The molecule has 0 amide bonds. The number of hydrogen-bond donors (Lipinski definition) is 1. The predicted molar refractivity (Wildman–Crippen MR) is 146 cm³/mol. The maximum atomic E-state index is 10.0. The zero-order valence-corrected chi connectivity index (χ0v) is 22.9. The van der Waals surface area contributed by atoms with Gasteiger partial charge in [-0.25, -0.2) is 0 Å². The Balaban J connectivity index is 1.29. The van der Waals surface area contributed by atoms with E-state index in [-0.39, 0.29) is 0 Å². The maximum absolute atomic E-state index is 10.0. The highest BCUT2D eigenvalue weighted by molar-refractivity contribution is 5.43. The Labute approximate surface area is 218 Å². The van der Waals surface area contributed by atoms with E-state index in [0.29, 0.717) is 28.9 Å². The van der Waals surface area contributed by atoms with Gasteiger partial charge in [0, 0.05) is 6.54 Å². The second kappa shape index (κ2) is 10.3. The lowest BCUT2D eigenvalue weighted by Crippen LogP contribution is -2.46. The number of ether oxygens (including phenoxy) is 2. The van der Waals surface area contributed by atoms with Gasteiger partial charge in [0.1, 0.15) is 5.75 Å². The van der Waals surface area contributed by atoms with Crippen molar-refractivity contribution in [3.63, 3.8) is 0 Å². The van der Waals surface area contributed by atoms with E-state index < -0.39 is 0 Å². The molecule has 4 unspecified atom stereocenters. The van der Waals surface area contributed by atoms with E-state index in [9.17, 15) is 5.11 Å². The van der Waals surface area contributed by atoms with Gasteiger partial charge < -0.3 is 14.6 Å². The van der Waals surface area contributed by atoms with E-state index >= 15 is 0 Å². The second-order valence-corrected chi connectivity index (χ2v) is 11.9. The first-order valence-electron chi connectivity index (χ1n) is 14.2. The third kappa shape index (κ3) is 4.51. The molecule has 0 aromatic heterocycles. The summed E-state index contributed by atoms with van der Waals surface area (Å²) in [5, 5.41) is 10.0. The monoisotopic (exact) mass is 491 g/mol. The fraction of sp³-hybridized carbons (Fsp3) is 0.625. The van der Waals surface area contributed by atoms with Gasteiger partial charge in [0.05, 0.1) is 13.7 Å². The zero-order valence-electron chi connectivity index (χ0n) is 22.9. The molecule has 2 fully saturated rings. The minimum atomic E-state index is 0.333. The second-order valence-electron chi connectivity index (χ2n) is 11.9. The van der Waals surface area contributed by atoms with Crippen LogP contribution in [0.2, 0.25) is 0 Å². The normalized spacial score (nSPS) is 31.0. The summed E-state index contributed by atoms with van der Waals surface area (Å²) in [6.45, 7) is 13.2. The number of hydrogen-bond acceptors (Lipinski definition) is 4. The first-order valence-corrected chi connectivity index (χ1v) is 14.2.